The van der Waals surface area contributed by atoms with Gasteiger partial charge in [-0.1, -0.05) is 6.07 Å². The lowest BCUT2D eigenvalue weighted by Gasteiger charge is -2.11. The number of carbonyl (C=O) groups is 1. The molecule has 0 aliphatic heterocycles. The number of nitrogens with one attached hydrogen (secondary N) is 1. The van der Waals surface area contributed by atoms with Crippen molar-refractivity contribution in [1.29, 1.82) is 0 Å². The maximum Gasteiger partial charge on any atom is 0.257 e. The minimum atomic E-state index is -0.180. The van der Waals surface area contributed by atoms with Crippen molar-refractivity contribution in [2.24, 2.45) is 0 Å². The highest BCUT2D eigenvalue weighted by Crippen LogP contribution is 2.23. The van der Waals surface area contributed by atoms with E-state index >= 15 is 0 Å². The highest BCUT2D eigenvalue weighted by Gasteiger charge is 2.14. The summed E-state index contributed by atoms with van der Waals surface area (Å²) in [6.07, 6.45) is 2.99. The van der Waals surface area contributed by atoms with Crippen LogP contribution in [0.1, 0.15) is 16.8 Å². The maximum absolute atomic E-state index is 11.9. The predicted octanol–water partition coefficient (Wildman–Crippen LogP) is 1.76. The third kappa shape index (κ3) is 3.85. The van der Waals surface area contributed by atoms with Crippen LogP contribution in [0.4, 0.5) is 5.69 Å². The van der Waals surface area contributed by atoms with E-state index in [0.717, 1.165) is 12.2 Å². The van der Waals surface area contributed by atoms with E-state index in [-0.39, 0.29) is 5.91 Å². The molecule has 1 aromatic rings. The van der Waals surface area contributed by atoms with Crippen molar-refractivity contribution in [3.8, 4) is 5.75 Å². The van der Waals surface area contributed by atoms with Gasteiger partial charge in [0.15, 0.2) is 0 Å². The molecule has 1 amide bonds. The molecule has 0 unspecified atom stereocenters. The summed E-state index contributed by atoms with van der Waals surface area (Å²) in [6.45, 7) is 0.650. The minimum Gasteiger partial charge on any atom is -0.496 e. The maximum atomic E-state index is 11.9. The van der Waals surface area contributed by atoms with Gasteiger partial charge in [-0.05, 0) is 30.6 Å². The Morgan fingerprint density at radius 2 is 2.29 bits per heavy atom. The highest BCUT2D eigenvalue weighted by atomic mass is 32.2. The van der Waals surface area contributed by atoms with Crippen LogP contribution in [0.2, 0.25) is 0 Å². The number of benzene rings is 1. The Morgan fingerprint density at radius 1 is 1.53 bits per heavy atom. The van der Waals surface area contributed by atoms with Gasteiger partial charge in [-0.15, -0.1) is 0 Å². The third-order valence-corrected chi connectivity index (χ3v) is 3.01. The Kier molecular flexibility index (Phi) is 5.69. The molecule has 0 spiro atoms. The van der Waals surface area contributed by atoms with Crippen molar-refractivity contribution in [2.45, 2.75) is 6.42 Å². The van der Waals surface area contributed by atoms with Crippen molar-refractivity contribution < 1.29 is 9.53 Å². The molecule has 0 fully saturated rings. The Labute approximate surface area is 106 Å². The highest BCUT2D eigenvalue weighted by molar-refractivity contribution is 7.98. The number of carbonyl (C=O) groups excluding carboxylic acids is 1. The van der Waals surface area contributed by atoms with Gasteiger partial charge in [0.1, 0.15) is 11.3 Å². The van der Waals surface area contributed by atoms with Gasteiger partial charge in [0.05, 0.1) is 7.11 Å². The van der Waals surface area contributed by atoms with E-state index in [1.54, 1.807) is 30.0 Å². The van der Waals surface area contributed by atoms with Gasteiger partial charge < -0.3 is 15.8 Å². The van der Waals surface area contributed by atoms with E-state index in [1.807, 2.05) is 6.26 Å². The quantitative estimate of drug-likeness (QED) is 0.600. The summed E-state index contributed by atoms with van der Waals surface area (Å²) in [5, 5.41) is 2.84. The Morgan fingerprint density at radius 3 is 2.94 bits per heavy atom. The number of thioether (sulfide) groups is 1. The number of nitrogens with two attached hydrogens (primary N) is 1. The Balaban J connectivity index is 2.68. The topological polar surface area (TPSA) is 64.3 Å². The normalized spacial score (nSPS) is 10.0. The van der Waals surface area contributed by atoms with E-state index in [0.29, 0.717) is 23.5 Å². The molecule has 5 heteroatoms. The van der Waals surface area contributed by atoms with Crippen molar-refractivity contribution >= 4 is 23.4 Å². The number of hydrogen-bond donors (Lipinski definition) is 2. The van der Waals surface area contributed by atoms with Crippen LogP contribution in [0.5, 0.6) is 5.75 Å². The summed E-state index contributed by atoms with van der Waals surface area (Å²) in [6, 6.07) is 5.19. The van der Waals surface area contributed by atoms with Crippen molar-refractivity contribution in [3.63, 3.8) is 0 Å². The summed E-state index contributed by atoms with van der Waals surface area (Å²) < 4.78 is 5.13. The largest absolute Gasteiger partial charge is 0.496 e. The molecule has 0 aliphatic rings. The first-order chi connectivity index (χ1) is 8.20. The molecule has 94 valence electrons. The smallest absolute Gasteiger partial charge is 0.257 e. The molecular formula is C12H18N2O2S. The Hall–Kier alpha value is -1.36. The first-order valence-corrected chi connectivity index (χ1v) is 6.79. The van der Waals surface area contributed by atoms with Crippen LogP contribution >= 0.6 is 11.8 Å². The monoisotopic (exact) mass is 254 g/mol. The zero-order chi connectivity index (χ0) is 12.7. The van der Waals surface area contributed by atoms with Crippen LogP contribution in [0.25, 0.3) is 0 Å². The molecular weight excluding hydrogens is 236 g/mol. The average Bonchev–Trinajstić information content (AvgIpc) is 2.34. The summed E-state index contributed by atoms with van der Waals surface area (Å²) in [7, 11) is 1.53. The molecule has 0 saturated carbocycles. The van der Waals surface area contributed by atoms with Crippen molar-refractivity contribution in [1.82, 2.24) is 5.32 Å². The predicted molar refractivity (Wildman–Crippen MR) is 72.7 cm³/mol. The van der Waals surface area contributed by atoms with Crippen molar-refractivity contribution in [3.05, 3.63) is 23.8 Å². The average molecular weight is 254 g/mol. The van der Waals surface area contributed by atoms with Gasteiger partial charge in [0, 0.05) is 12.2 Å². The van der Waals surface area contributed by atoms with Crippen LogP contribution in [-0.2, 0) is 0 Å². The number of nitrogen functional groups attached to an aromatic ring is 1. The summed E-state index contributed by atoms with van der Waals surface area (Å²) in [4.78, 5) is 11.9. The number of amides is 1. The molecule has 0 saturated heterocycles. The van der Waals surface area contributed by atoms with Gasteiger partial charge in [0.25, 0.3) is 5.91 Å². The zero-order valence-electron chi connectivity index (χ0n) is 10.2. The molecule has 1 aromatic carbocycles. The molecule has 4 nitrogen and oxygen atoms in total. The number of methoxy groups -OCH3 is 1. The van der Waals surface area contributed by atoms with E-state index < -0.39 is 0 Å². The fourth-order valence-corrected chi connectivity index (χ4v) is 1.90. The Bertz CT molecular complexity index is 383. The fourth-order valence-electron chi connectivity index (χ4n) is 1.47. The third-order valence-electron chi connectivity index (χ3n) is 2.32. The van der Waals surface area contributed by atoms with Crippen molar-refractivity contribution in [2.75, 3.05) is 31.4 Å². The van der Waals surface area contributed by atoms with E-state index in [2.05, 4.69) is 5.32 Å². The molecule has 17 heavy (non-hydrogen) atoms. The number of anilines is 1. The van der Waals surface area contributed by atoms with E-state index in [4.69, 9.17) is 10.5 Å². The second-order valence-electron chi connectivity index (χ2n) is 3.53. The van der Waals surface area contributed by atoms with Crippen LogP contribution in [0.3, 0.4) is 0 Å². The van der Waals surface area contributed by atoms with Crippen LogP contribution < -0.4 is 15.8 Å². The molecule has 0 aromatic heterocycles. The molecule has 3 N–H and O–H groups in total. The number of hydrogen-bond acceptors (Lipinski definition) is 4. The second-order valence-corrected chi connectivity index (χ2v) is 4.51. The van der Waals surface area contributed by atoms with Gasteiger partial charge >= 0.3 is 0 Å². The van der Waals surface area contributed by atoms with Gasteiger partial charge in [-0.25, -0.2) is 0 Å². The molecule has 0 heterocycles. The van der Waals surface area contributed by atoms with Gasteiger partial charge in [-0.2, -0.15) is 11.8 Å². The minimum absolute atomic E-state index is 0.180. The number of rotatable bonds is 6. The first-order valence-electron chi connectivity index (χ1n) is 5.40. The van der Waals surface area contributed by atoms with Crippen LogP contribution in [0, 0.1) is 0 Å². The SMILES string of the molecule is COc1cccc(N)c1C(=O)NCCCSC. The molecule has 0 atom stereocenters. The summed E-state index contributed by atoms with van der Waals surface area (Å²) in [5.74, 6) is 1.36. The molecule has 0 aliphatic carbocycles. The van der Waals surface area contributed by atoms with E-state index in [1.165, 1.54) is 7.11 Å². The molecule has 0 radical (unpaired) electrons. The van der Waals surface area contributed by atoms with Gasteiger partial charge in [0.2, 0.25) is 0 Å². The lowest BCUT2D eigenvalue weighted by Crippen LogP contribution is -2.26. The molecule has 0 bridgehead atoms. The summed E-state index contributed by atoms with van der Waals surface area (Å²) in [5.41, 5.74) is 6.64. The second kappa shape index (κ2) is 7.06. The molecule has 1 rings (SSSR count). The van der Waals surface area contributed by atoms with Crippen LogP contribution in [0.15, 0.2) is 18.2 Å². The van der Waals surface area contributed by atoms with E-state index in [9.17, 15) is 4.79 Å². The first kappa shape index (κ1) is 13.7. The number of ether oxygens (including phenoxy) is 1. The fraction of sp³-hybridized carbons (Fsp3) is 0.417. The van der Waals surface area contributed by atoms with Crippen LogP contribution in [-0.4, -0.2) is 31.6 Å². The lowest BCUT2D eigenvalue weighted by atomic mass is 10.1. The van der Waals surface area contributed by atoms with Gasteiger partial charge in [-0.3, -0.25) is 4.79 Å². The summed E-state index contributed by atoms with van der Waals surface area (Å²) >= 11 is 1.76. The zero-order valence-corrected chi connectivity index (χ0v) is 11.0. The lowest BCUT2D eigenvalue weighted by molar-refractivity contribution is 0.0951. The standard InChI is InChI=1S/C12H18N2O2S/c1-16-10-6-3-5-9(13)11(10)12(15)14-7-4-8-17-2/h3,5-6H,4,7-8,13H2,1-2H3,(H,14,15).